The monoisotopic (exact) mass is 327 g/mol. The second-order valence-corrected chi connectivity index (χ2v) is 6.70. The highest BCUT2D eigenvalue weighted by atomic mass is 16.3. The van der Waals surface area contributed by atoms with Crippen LogP contribution in [0.15, 0.2) is 24.3 Å². The number of rotatable bonds is 2. The van der Waals surface area contributed by atoms with Gasteiger partial charge in [0.15, 0.2) is 0 Å². The van der Waals surface area contributed by atoms with Gasteiger partial charge in [-0.05, 0) is 37.5 Å². The van der Waals surface area contributed by atoms with Crippen molar-refractivity contribution in [2.75, 3.05) is 26.2 Å². The first-order chi connectivity index (χ1) is 11.6. The Hall–Kier alpha value is -2.50. The Morgan fingerprint density at radius 1 is 1.04 bits per heavy atom. The van der Waals surface area contributed by atoms with E-state index in [0.29, 0.717) is 25.3 Å². The predicted molar refractivity (Wildman–Crippen MR) is 89.8 cm³/mol. The molecule has 0 unspecified atom stereocenters. The van der Waals surface area contributed by atoms with Gasteiger partial charge in [-0.2, -0.15) is 0 Å². The molecule has 24 heavy (non-hydrogen) atoms. The van der Waals surface area contributed by atoms with Crippen LogP contribution in [0.3, 0.4) is 0 Å². The van der Waals surface area contributed by atoms with Gasteiger partial charge in [-0.15, -0.1) is 0 Å². The number of phenols is 1. The normalized spacial score (nSPS) is 18.7. The van der Waals surface area contributed by atoms with Gasteiger partial charge < -0.3 is 19.9 Å². The van der Waals surface area contributed by atoms with Crippen LogP contribution in [0.2, 0.25) is 0 Å². The molecule has 4 rings (SSSR count). The molecule has 126 valence electrons. The highest BCUT2D eigenvalue weighted by molar-refractivity contribution is 5.98. The first-order valence-corrected chi connectivity index (χ1v) is 8.51. The summed E-state index contributed by atoms with van der Waals surface area (Å²) < 4.78 is 0. The molecule has 1 aromatic heterocycles. The van der Waals surface area contributed by atoms with Crippen LogP contribution in [-0.4, -0.2) is 57.9 Å². The largest absolute Gasteiger partial charge is 0.508 e. The Morgan fingerprint density at radius 2 is 1.79 bits per heavy atom. The van der Waals surface area contributed by atoms with Crippen LogP contribution < -0.4 is 0 Å². The number of carbonyl (C=O) groups is 2. The van der Waals surface area contributed by atoms with Crippen molar-refractivity contribution < 1.29 is 14.7 Å². The highest BCUT2D eigenvalue weighted by Crippen LogP contribution is 2.31. The molecule has 2 fully saturated rings. The molecule has 1 saturated carbocycles. The molecule has 0 atom stereocenters. The zero-order valence-corrected chi connectivity index (χ0v) is 13.5. The fraction of sp³-hybridized carbons (Fsp3) is 0.444. The van der Waals surface area contributed by atoms with Crippen LogP contribution in [0.5, 0.6) is 5.75 Å². The Bertz CT molecular complexity index is 794. The van der Waals surface area contributed by atoms with Crippen molar-refractivity contribution in [1.82, 2.24) is 14.8 Å². The molecule has 1 aliphatic heterocycles. The van der Waals surface area contributed by atoms with Gasteiger partial charge in [0.1, 0.15) is 11.4 Å². The third-order valence-electron chi connectivity index (χ3n) is 4.86. The van der Waals surface area contributed by atoms with Crippen molar-refractivity contribution in [1.29, 1.82) is 0 Å². The van der Waals surface area contributed by atoms with Crippen molar-refractivity contribution in [2.45, 2.75) is 19.3 Å². The molecule has 2 heterocycles. The molecular formula is C18H21N3O3. The molecule has 2 aliphatic rings. The van der Waals surface area contributed by atoms with Crippen LogP contribution >= 0.6 is 0 Å². The number of hydrogen-bond donors (Lipinski definition) is 2. The van der Waals surface area contributed by atoms with E-state index in [-0.39, 0.29) is 23.5 Å². The van der Waals surface area contributed by atoms with Crippen molar-refractivity contribution in [3.63, 3.8) is 0 Å². The van der Waals surface area contributed by atoms with Crippen LogP contribution in [0.25, 0.3) is 10.9 Å². The minimum atomic E-state index is -0.0496. The van der Waals surface area contributed by atoms with E-state index in [0.717, 1.165) is 36.7 Å². The lowest BCUT2D eigenvalue weighted by Crippen LogP contribution is -2.38. The number of nitrogens with zero attached hydrogens (tertiary/aromatic N) is 2. The maximum absolute atomic E-state index is 12.8. The fourth-order valence-electron chi connectivity index (χ4n) is 3.33. The molecular weight excluding hydrogens is 306 g/mol. The zero-order valence-electron chi connectivity index (χ0n) is 13.5. The predicted octanol–water partition coefficient (Wildman–Crippen LogP) is 1.96. The van der Waals surface area contributed by atoms with E-state index < -0.39 is 0 Å². The maximum Gasteiger partial charge on any atom is 0.270 e. The summed E-state index contributed by atoms with van der Waals surface area (Å²) in [7, 11) is 0. The van der Waals surface area contributed by atoms with Gasteiger partial charge >= 0.3 is 0 Å². The lowest BCUT2D eigenvalue weighted by Gasteiger charge is -2.21. The van der Waals surface area contributed by atoms with Gasteiger partial charge in [-0.25, -0.2) is 0 Å². The Kier molecular flexibility index (Phi) is 3.67. The van der Waals surface area contributed by atoms with Gasteiger partial charge in [0.2, 0.25) is 5.91 Å². The SMILES string of the molecule is O=C(c1cc2ccc(O)cc2[nH]1)N1CCCN(C(=O)C2CC2)CC1. The standard InChI is InChI=1S/C18H21N3O3/c22-14-5-4-13-10-16(19-15(13)11-14)18(24)21-7-1-6-20(8-9-21)17(23)12-2-3-12/h4-5,10-12,19,22H,1-3,6-9H2. The summed E-state index contributed by atoms with van der Waals surface area (Å²) in [6.45, 7) is 2.58. The number of aromatic hydroxyl groups is 1. The molecule has 1 aliphatic carbocycles. The van der Waals surface area contributed by atoms with E-state index in [1.54, 1.807) is 18.2 Å². The summed E-state index contributed by atoms with van der Waals surface area (Å²) >= 11 is 0. The molecule has 2 aromatic rings. The molecule has 0 bridgehead atoms. The summed E-state index contributed by atoms with van der Waals surface area (Å²) in [5.41, 5.74) is 1.27. The second-order valence-electron chi connectivity index (χ2n) is 6.70. The van der Waals surface area contributed by atoms with Gasteiger partial charge in [-0.1, -0.05) is 0 Å². The number of aromatic nitrogens is 1. The fourth-order valence-corrected chi connectivity index (χ4v) is 3.33. The van der Waals surface area contributed by atoms with E-state index in [1.165, 1.54) is 0 Å². The lowest BCUT2D eigenvalue weighted by molar-refractivity contribution is -0.132. The van der Waals surface area contributed by atoms with Crippen LogP contribution in [-0.2, 0) is 4.79 Å². The Balaban J connectivity index is 1.47. The maximum atomic E-state index is 12.8. The minimum absolute atomic E-state index is 0.0496. The average molecular weight is 327 g/mol. The number of benzene rings is 1. The number of phenolic OH excluding ortho intramolecular Hbond substituents is 1. The number of fused-ring (bicyclic) bond motifs is 1. The molecule has 6 nitrogen and oxygen atoms in total. The van der Waals surface area contributed by atoms with E-state index in [2.05, 4.69) is 4.98 Å². The Labute approximate surface area is 140 Å². The molecule has 2 amide bonds. The number of amides is 2. The van der Waals surface area contributed by atoms with Crippen molar-refractivity contribution in [3.05, 3.63) is 30.0 Å². The topological polar surface area (TPSA) is 76.6 Å². The van der Waals surface area contributed by atoms with Crippen molar-refractivity contribution >= 4 is 22.7 Å². The van der Waals surface area contributed by atoms with Crippen LogP contribution in [0.1, 0.15) is 29.8 Å². The van der Waals surface area contributed by atoms with Gasteiger partial charge in [0, 0.05) is 49.1 Å². The molecule has 1 saturated heterocycles. The molecule has 1 aromatic carbocycles. The lowest BCUT2D eigenvalue weighted by atomic mass is 10.2. The number of H-pyrrole nitrogens is 1. The third kappa shape index (κ3) is 2.84. The molecule has 2 N–H and O–H groups in total. The number of aromatic amines is 1. The average Bonchev–Trinajstić information content (AvgIpc) is 3.37. The Morgan fingerprint density at radius 3 is 2.58 bits per heavy atom. The zero-order chi connectivity index (χ0) is 16.7. The quantitative estimate of drug-likeness (QED) is 0.885. The number of carbonyl (C=O) groups excluding carboxylic acids is 2. The van der Waals surface area contributed by atoms with Crippen molar-refractivity contribution in [2.24, 2.45) is 5.92 Å². The minimum Gasteiger partial charge on any atom is -0.508 e. The first-order valence-electron chi connectivity index (χ1n) is 8.51. The number of nitrogens with one attached hydrogen (secondary N) is 1. The van der Waals surface area contributed by atoms with Gasteiger partial charge in [0.25, 0.3) is 5.91 Å². The summed E-state index contributed by atoms with van der Waals surface area (Å²) in [4.78, 5) is 31.8. The number of hydrogen-bond acceptors (Lipinski definition) is 3. The first kappa shape index (κ1) is 15.1. The van der Waals surface area contributed by atoms with E-state index in [9.17, 15) is 14.7 Å². The second kappa shape index (κ2) is 5.85. The van der Waals surface area contributed by atoms with Crippen LogP contribution in [0.4, 0.5) is 0 Å². The summed E-state index contributed by atoms with van der Waals surface area (Å²) in [5.74, 6) is 0.609. The summed E-state index contributed by atoms with van der Waals surface area (Å²) in [6.07, 6.45) is 2.84. The van der Waals surface area contributed by atoms with Crippen molar-refractivity contribution in [3.8, 4) is 5.75 Å². The molecule has 6 heteroatoms. The van der Waals surface area contributed by atoms with Gasteiger partial charge in [0.05, 0.1) is 0 Å². The van der Waals surface area contributed by atoms with E-state index >= 15 is 0 Å². The summed E-state index contributed by atoms with van der Waals surface area (Å²) in [5, 5.41) is 10.4. The van der Waals surface area contributed by atoms with E-state index in [1.807, 2.05) is 15.9 Å². The molecule has 0 radical (unpaired) electrons. The summed E-state index contributed by atoms with van der Waals surface area (Å²) in [6, 6.07) is 6.83. The third-order valence-corrected chi connectivity index (χ3v) is 4.86. The van der Waals surface area contributed by atoms with Crippen LogP contribution in [0, 0.1) is 5.92 Å². The van der Waals surface area contributed by atoms with Gasteiger partial charge in [-0.3, -0.25) is 9.59 Å². The molecule has 0 spiro atoms. The smallest absolute Gasteiger partial charge is 0.270 e. The highest BCUT2D eigenvalue weighted by Gasteiger charge is 2.34. The van der Waals surface area contributed by atoms with E-state index in [4.69, 9.17) is 0 Å².